The summed E-state index contributed by atoms with van der Waals surface area (Å²) >= 11 is 0. The first-order valence-electron chi connectivity index (χ1n) is 3.51. The van der Waals surface area contributed by atoms with Gasteiger partial charge in [0, 0.05) is 5.57 Å². The maximum absolute atomic E-state index is 10.4. The van der Waals surface area contributed by atoms with E-state index in [1.807, 2.05) is 14.1 Å². The van der Waals surface area contributed by atoms with E-state index in [1.54, 1.807) is 13.8 Å². The lowest BCUT2D eigenvalue weighted by Crippen LogP contribution is -2.03. The van der Waals surface area contributed by atoms with E-state index >= 15 is 0 Å². The van der Waals surface area contributed by atoms with Gasteiger partial charge in [-0.25, -0.2) is 4.79 Å². The number of hydrogen-bond acceptors (Lipinski definition) is 3. The Morgan fingerprint density at radius 1 is 1.50 bits per heavy atom. The summed E-state index contributed by atoms with van der Waals surface area (Å²) in [5.41, 5.74) is 0.451. The van der Waals surface area contributed by atoms with Gasteiger partial charge in [-0.1, -0.05) is 6.58 Å². The van der Waals surface area contributed by atoms with Gasteiger partial charge in [0.05, 0.1) is 19.0 Å². The Morgan fingerprint density at radius 3 is 1.92 bits per heavy atom. The van der Waals surface area contributed by atoms with Crippen molar-refractivity contribution in [2.45, 2.75) is 13.8 Å². The quantitative estimate of drug-likeness (QED) is 0.514. The van der Waals surface area contributed by atoms with Gasteiger partial charge in [0.15, 0.2) is 0 Å². The molecule has 0 spiro atoms. The van der Waals surface area contributed by atoms with Gasteiger partial charge in [-0.3, -0.25) is 0 Å². The lowest BCUT2D eigenvalue weighted by atomic mass is 10.4. The van der Waals surface area contributed by atoms with Gasteiger partial charge in [0.2, 0.25) is 0 Å². The standard InChI is InChI=1S/C6H10O2.C2H7N.ClH2/c1-4-8-6(7)5(2)3;1-3-2;/h2,4H2,1,3H3;3H,1-2H3;1H2/q;;+1. The number of hydrogen-bond donors (Lipinski definition) is 1. The van der Waals surface area contributed by atoms with E-state index in [-0.39, 0.29) is 18.4 Å². The maximum Gasteiger partial charge on any atom is 0.333 e. The van der Waals surface area contributed by atoms with Gasteiger partial charge in [0.25, 0.3) is 0 Å². The summed E-state index contributed by atoms with van der Waals surface area (Å²) in [6.45, 7) is 7.21. The van der Waals surface area contributed by atoms with Gasteiger partial charge in [0.1, 0.15) is 0 Å². The predicted octanol–water partition coefficient (Wildman–Crippen LogP) is 0.426. The molecule has 0 saturated carbocycles. The predicted molar refractivity (Wildman–Crippen MR) is 49.2 cm³/mol. The van der Waals surface area contributed by atoms with Crippen LogP contribution in [0.25, 0.3) is 0 Å². The minimum atomic E-state index is -0.312. The molecule has 0 unspecified atom stereocenters. The summed E-state index contributed by atoms with van der Waals surface area (Å²) in [5, 5.41) is 2.75. The lowest BCUT2D eigenvalue weighted by molar-refractivity contribution is -0.138. The first kappa shape index (κ1) is 17.5. The van der Waals surface area contributed by atoms with Gasteiger partial charge < -0.3 is 10.1 Å². The SMILES string of the molecule is C=C(C)C(=O)OCC.CNC.[ClH2+]. The zero-order valence-corrected chi connectivity index (χ0v) is 9.07. The van der Waals surface area contributed by atoms with Crippen molar-refractivity contribution in [3.8, 4) is 0 Å². The molecule has 0 aliphatic heterocycles. The van der Waals surface area contributed by atoms with Crippen molar-refractivity contribution in [2.24, 2.45) is 0 Å². The minimum Gasteiger partial charge on any atom is -0.463 e. The molecule has 4 heteroatoms. The second-order valence-electron chi connectivity index (χ2n) is 2.00. The summed E-state index contributed by atoms with van der Waals surface area (Å²) in [7, 11) is 3.75. The van der Waals surface area contributed by atoms with E-state index in [4.69, 9.17) is 0 Å². The topological polar surface area (TPSA) is 38.3 Å². The molecule has 0 aliphatic carbocycles. The molecule has 12 heavy (non-hydrogen) atoms. The highest BCUT2D eigenvalue weighted by Gasteiger charge is 1.98. The Morgan fingerprint density at radius 2 is 1.83 bits per heavy atom. The lowest BCUT2D eigenvalue weighted by Gasteiger charge is -1.96. The van der Waals surface area contributed by atoms with E-state index < -0.39 is 0 Å². The monoisotopic (exact) mass is 196 g/mol. The van der Waals surface area contributed by atoms with E-state index in [0.29, 0.717) is 12.2 Å². The average Bonchev–Trinajstić information content (AvgIpc) is 1.90. The summed E-state index contributed by atoms with van der Waals surface area (Å²) in [5.74, 6) is -0.312. The Kier molecular flexibility index (Phi) is 19.1. The van der Waals surface area contributed by atoms with Crippen molar-refractivity contribution < 1.29 is 21.9 Å². The molecular weight excluding hydrogens is 178 g/mol. The van der Waals surface area contributed by atoms with Crippen LogP contribution in [0.15, 0.2) is 12.2 Å². The molecular formula is C8H19ClNO2+. The normalized spacial score (nSPS) is 7.00. The largest absolute Gasteiger partial charge is 0.463 e. The highest BCUT2D eigenvalue weighted by atomic mass is 35.5. The Balaban J connectivity index is -0.000000177. The first-order valence-corrected chi connectivity index (χ1v) is 3.51. The van der Waals surface area contributed by atoms with Crippen LogP contribution in [0.2, 0.25) is 0 Å². The van der Waals surface area contributed by atoms with Crippen LogP contribution >= 0.6 is 0 Å². The zero-order chi connectivity index (χ0) is 9.28. The van der Waals surface area contributed by atoms with Crippen LogP contribution in [0.3, 0.4) is 0 Å². The molecule has 0 rings (SSSR count). The molecule has 0 aliphatic rings. The summed E-state index contributed by atoms with van der Waals surface area (Å²) in [6.07, 6.45) is 0. The Hall–Kier alpha value is -0.540. The van der Waals surface area contributed by atoms with Crippen LogP contribution < -0.4 is 5.32 Å². The van der Waals surface area contributed by atoms with Gasteiger partial charge >= 0.3 is 5.97 Å². The first-order chi connectivity index (χ1) is 5.09. The van der Waals surface area contributed by atoms with Crippen molar-refractivity contribution in [1.82, 2.24) is 5.32 Å². The molecule has 1 N–H and O–H groups in total. The van der Waals surface area contributed by atoms with Crippen LogP contribution in [0.4, 0.5) is 0 Å². The third-order valence-corrected chi connectivity index (χ3v) is 0.624. The number of carbonyl (C=O) groups excluding carboxylic acids is 1. The average molecular weight is 197 g/mol. The third kappa shape index (κ3) is 16.2. The summed E-state index contributed by atoms with van der Waals surface area (Å²) < 4.78 is 4.56. The molecule has 0 radical (unpaired) electrons. The maximum atomic E-state index is 10.4. The molecule has 0 aromatic heterocycles. The Labute approximate surface area is 80.6 Å². The highest BCUT2D eigenvalue weighted by molar-refractivity contribution is 5.86. The van der Waals surface area contributed by atoms with E-state index in [9.17, 15) is 4.79 Å². The molecule has 3 nitrogen and oxygen atoms in total. The molecule has 0 bridgehead atoms. The molecule has 0 fully saturated rings. The van der Waals surface area contributed by atoms with Gasteiger partial charge in [-0.15, -0.1) is 0 Å². The minimum absolute atomic E-state index is 0. The van der Waals surface area contributed by atoms with Crippen LogP contribution in [-0.4, -0.2) is 26.7 Å². The highest BCUT2D eigenvalue weighted by Crippen LogP contribution is 1.89. The van der Waals surface area contributed by atoms with E-state index in [0.717, 1.165) is 0 Å². The fraction of sp³-hybridized carbons (Fsp3) is 0.625. The number of halogens is 1. The third-order valence-electron chi connectivity index (χ3n) is 0.624. The molecule has 0 atom stereocenters. The summed E-state index contributed by atoms with van der Waals surface area (Å²) in [4.78, 5) is 10.4. The van der Waals surface area contributed by atoms with E-state index in [2.05, 4.69) is 16.6 Å². The fourth-order valence-electron chi connectivity index (χ4n) is 0.254. The summed E-state index contributed by atoms with van der Waals surface area (Å²) in [6, 6.07) is 0. The second-order valence-corrected chi connectivity index (χ2v) is 2.00. The van der Waals surface area contributed by atoms with Crippen LogP contribution in [0.1, 0.15) is 13.8 Å². The van der Waals surface area contributed by atoms with Crippen LogP contribution in [0, 0.1) is 12.4 Å². The number of rotatable bonds is 2. The molecule has 74 valence electrons. The number of carbonyl (C=O) groups is 1. The molecule has 0 aromatic carbocycles. The van der Waals surface area contributed by atoms with Crippen molar-refractivity contribution in [2.75, 3.05) is 20.7 Å². The van der Waals surface area contributed by atoms with Crippen molar-refractivity contribution in [3.63, 3.8) is 0 Å². The van der Waals surface area contributed by atoms with E-state index in [1.165, 1.54) is 0 Å². The fourth-order valence-corrected chi connectivity index (χ4v) is 0.254. The van der Waals surface area contributed by atoms with Crippen LogP contribution in [0.5, 0.6) is 0 Å². The number of ether oxygens (including phenoxy) is 1. The van der Waals surface area contributed by atoms with Gasteiger partial charge in [-0.2, -0.15) is 0 Å². The number of nitrogens with one attached hydrogen (secondary N) is 1. The second kappa shape index (κ2) is 13.1. The molecule has 0 aromatic rings. The number of esters is 1. The zero-order valence-electron chi connectivity index (χ0n) is 8.18. The van der Waals surface area contributed by atoms with Crippen molar-refractivity contribution >= 4 is 5.97 Å². The van der Waals surface area contributed by atoms with Gasteiger partial charge in [-0.05, 0) is 27.9 Å². The van der Waals surface area contributed by atoms with Crippen LogP contribution in [-0.2, 0) is 9.53 Å². The molecule has 0 saturated heterocycles. The smallest absolute Gasteiger partial charge is 0.333 e. The molecule has 0 heterocycles. The van der Waals surface area contributed by atoms with Crippen molar-refractivity contribution in [3.05, 3.63) is 12.2 Å². The van der Waals surface area contributed by atoms with Crippen molar-refractivity contribution in [1.29, 1.82) is 0 Å². The Bertz CT molecular complexity index is 126. The molecule has 0 amide bonds.